The molecule has 0 atom stereocenters. The highest BCUT2D eigenvalue weighted by Gasteiger charge is 2.24. The minimum Gasteiger partial charge on any atom is -0.396 e. The molecule has 0 aromatic rings. The highest BCUT2D eigenvalue weighted by atomic mass is 16.3. The Hall–Kier alpha value is -0.0800. The summed E-state index contributed by atoms with van der Waals surface area (Å²) in [6.45, 7) is 4.49. The first-order valence-electron chi connectivity index (χ1n) is 6.01. The largest absolute Gasteiger partial charge is 0.396 e. The fourth-order valence-electron chi connectivity index (χ4n) is 1.79. The van der Waals surface area contributed by atoms with Crippen LogP contribution >= 0.6 is 0 Å². The predicted molar refractivity (Wildman–Crippen MR) is 60.3 cm³/mol. The molecule has 0 heterocycles. The van der Waals surface area contributed by atoms with Crippen molar-refractivity contribution in [3.05, 3.63) is 0 Å². The highest BCUT2D eigenvalue weighted by molar-refractivity contribution is 4.77. The van der Waals surface area contributed by atoms with Crippen LogP contribution in [0.1, 0.15) is 65.2 Å². The molecule has 0 aliphatic carbocycles. The molecule has 0 rings (SSSR count). The van der Waals surface area contributed by atoms with Crippen molar-refractivity contribution >= 4 is 0 Å². The Morgan fingerprint density at radius 1 is 0.857 bits per heavy atom. The standard InChI is InChI=1S/C12H26O2/c1-3-5-8-12(14,9-6-4-2)10-7-11-13/h13-14H,3-11H2,1-2H3. The Labute approximate surface area is 88.3 Å². The van der Waals surface area contributed by atoms with E-state index in [1.165, 1.54) is 0 Å². The molecule has 2 nitrogen and oxygen atoms in total. The van der Waals surface area contributed by atoms with Gasteiger partial charge in [-0.1, -0.05) is 39.5 Å². The highest BCUT2D eigenvalue weighted by Crippen LogP contribution is 2.26. The van der Waals surface area contributed by atoms with Crippen molar-refractivity contribution in [2.24, 2.45) is 0 Å². The van der Waals surface area contributed by atoms with Gasteiger partial charge in [-0.2, -0.15) is 0 Å². The zero-order valence-electron chi connectivity index (χ0n) is 9.76. The summed E-state index contributed by atoms with van der Waals surface area (Å²) in [5, 5.41) is 19.1. The first-order valence-corrected chi connectivity index (χ1v) is 6.01. The molecule has 0 spiro atoms. The maximum Gasteiger partial charge on any atom is 0.0648 e. The van der Waals surface area contributed by atoms with Gasteiger partial charge in [0.15, 0.2) is 0 Å². The van der Waals surface area contributed by atoms with Gasteiger partial charge in [-0.05, 0) is 25.7 Å². The lowest BCUT2D eigenvalue weighted by Gasteiger charge is -2.28. The van der Waals surface area contributed by atoms with E-state index in [0.29, 0.717) is 0 Å². The van der Waals surface area contributed by atoms with Crippen molar-refractivity contribution < 1.29 is 10.2 Å². The summed E-state index contributed by atoms with van der Waals surface area (Å²) >= 11 is 0. The maximum atomic E-state index is 10.3. The van der Waals surface area contributed by atoms with Crippen molar-refractivity contribution in [1.29, 1.82) is 0 Å². The second-order valence-electron chi connectivity index (χ2n) is 4.26. The Kier molecular flexibility index (Phi) is 8.20. The van der Waals surface area contributed by atoms with Crippen LogP contribution in [0.25, 0.3) is 0 Å². The number of hydrogen-bond donors (Lipinski definition) is 2. The molecule has 2 heteroatoms. The molecule has 0 aromatic carbocycles. The average molecular weight is 202 g/mol. The van der Waals surface area contributed by atoms with Crippen LogP contribution in [-0.4, -0.2) is 22.4 Å². The first-order chi connectivity index (χ1) is 6.68. The number of unbranched alkanes of at least 4 members (excludes halogenated alkanes) is 2. The second-order valence-corrected chi connectivity index (χ2v) is 4.26. The van der Waals surface area contributed by atoms with Crippen LogP contribution in [0.4, 0.5) is 0 Å². The molecule has 0 amide bonds. The lowest BCUT2D eigenvalue weighted by atomic mass is 9.87. The number of aliphatic hydroxyl groups excluding tert-OH is 1. The van der Waals surface area contributed by atoms with Crippen LogP contribution in [0.15, 0.2) is 0 Å². The van der Waals surface area contributed by atoms with Crippen molar-refractivity contribution in [2.75, 3.05) is 6.61 Å². The van der Waals surface area contributed by atoms with E-state index in [0.717, 1.165) is 51.4 Å². The van der Waals surface area contributed by atoms with E-state index in [4.69, 9.17) is 5.11 Å². The summed E-state index contributed by atoms with van der Waals surface area (Å²) in [5.41, 5.74) is -0.505. The minimum atomic E-state index is -0.505. The summed E-state index contributed by atoms with van der Waals surface area (Å²) in [6.07, 6.45) is 7.71. The lowest BCUT2D eigenvalue weighted by Crippen LogP contribution is -2.28. The van der Waals surface area contributed by atoms with E-state index in [9.17, 15) is 5.11 Å². The predicted octanol–water partition coefficient (Wildman–Crippen LogP) is 2.87. The Balaban J connectivity index is 3.89. The molecule has 14 heavy (non-hydrogen) atoms. The van der Waals surface area contributed by atoms with Crippen LogP contribution in [0, 0.1) is 0 Å². The third-order valence-electron chi connectivity index (χ3n) is 2.79. The van der Waals surface area contributed by atoms with Gasteiger partial charge in [0, 0.05) is 6.61 Å². The van der Waals surface area contributed by atoms with Gasteiger partial charge in [0.25, 0.3) is 0 Å². The van der Waals surface area contributed by atoms with Gasteiger partial charge in [-0.25, -0.2) is 0 Å². The molecule has 0 fully saturated rings. The zero-order valence-corrected chi connectivity index (χ0v) is 9.76. The summed E-state index contributed by atoms with van der Waals surface area (Å²) in [4.78, 5) is 0. The molecular formula is C12H26O2. The average Bonchev–Trinajstić information content (AvgIpc) is 2.21. The quantitative estimate of drug-likeness (QED) is 0.603. The van der Waals surface area contributed by atoms with E-state index in [1.54, 1.807) is 0 Å². The molecule has 2 N–H and O–H groups in total. The second kappa shape index (κ2) is 8.25. The van der Waals surface area contributed by atoms with Crippen LogP contribution in [0.2, 0.25) is 0 Å². The van der Waals surface area contributed by atoms with Crippen molar-refractivity contribution in [3.8, 4) is 0 Å². The Bertz CT molecular complexity index is 102. The smallest absolute Gasteiger partial charge is 0.0648 e. The van der Waals surface area contributed by atoms with Gasteiger partial charge in [0.1, 0.15) is 0 Å². The van der Waals surface area contributed by atoms with Gasteiger partial charge in [-0.15, -0.1) is 0 Å². The van der Waals surface area contributed by atoms with E-state index >= 15 is 0 Å². The molecule has 0 radical (unpaired) electrons. The molecule has 0 aliphatic heterocycles. The molecule has 86 valence electrons. The fourth-order valence-corrected chi connectivity index (χ4v) is 1.79. The third-order valence-corrected chi connectivity index (χ3v) is 2.79. The van der Waals surface area contributed by atoms with Gasteiger partial charge in [-0.3, -0.25) is 0 Å². The fraction of sp³-hybridized carbons (Fsp3) is 1.00. The third kappa shape index (κ3) is 6.39. The number of rotatable bonds is 9. The van der Waals surface area contributed by atoms with E-state index < -0.39 is 5.60 Å². The number of hydrogen-bond acceptors (Lipinski definition) is 2. The van der Waals surface area contributed by atoms with Crippen molar-refractivity contribution in [2.45, 2.75) is 70.8 Å². The summed E-state index contributed by atoms with van der Waals surface area (Å²) in [6, 6.07) is 0. The lowest BCUT2D eigenvalue weighted by molar-refractivity contribution is 0.00473. The van der Waals surface area contributed by atoms with E-state index in [2.05, 4.69) is 13.8 Å². The Morgan fingerprint density at radius 2 is 1.29 bits per heavy atom. The maximum absolute atomic E-state index is 10.3. The van der Waals surface area contributed by atoms with Gasteiger partial charge in [0.2, 0.25) is 0 Å². The SMILES string of the molecule is CCCCC(O)(CCCC)CCCO. The molecule has 0 saturated heterocycles. The molecule has 0 bridgehead atoms. The minimum absolute atomic E-state index is 0.195. The summed E-state index contributed by atoms with van der Waals surface area (Å²) < 4.78 is 0. The van der Waals surface area contributed by atoms with Gasteiger partial charge >= 0.3 is 0 Å². The van der Waals surface area contributed by atoms with Crippen molar-refractivity contribution in [3.63, 3.8) is 0 Å². The van der Waals surface area contributed by atoms with Gasteiger partial charge in [0.05, 0.1) is 5.60 Å². The number of aliphatic hydroxyl groups is 2. The molecular weight excluding hydrogens is 176 g/mol. The van der Waals surface area contributed by atoms with E-state index in [1.807, 2.05) is 0 Å². The van der Waals surface area contributed by atoms with Crippen LogP contribution in [0.3, 0.4) is 0 Å². The molecule has 0 aromatic heterocycles. The molecule has 0 unspecified atom stereocenters. The summed E-state index contributed by atoms with van der Waals surface area (Å²) in [5.74, 6) is 0. The first kappa shape index (κ1) is 13.9. The van der Waals surface area contributed by atoms with E-state index in [-0.39, 0.29) is 6.61 Å². The van der Waals surface area contributed by atoms with Gasteiger partial charge < -0.3 is 10.2 Å². The zero-order chi connectivity index (χ0) is 10.9. The van der Waals surface area contributed by atoms with Crippen LogP contribution in [0.5, 0.6) is 0 Å². The topological polar surface area (TPSA) is 40.5 Å². The van der Waals surface area contributed by atoms with Crippen molar-refractivity contribution in [1.82, 2.24) is 0 Å². The summed E-state index contributed by atoms with van der Waals surface area (Å²) in [7, 11) is 0. The van der Waals surface area contributed by atoms with Crippen LogP contribution in [-0.2, 0) is 0 Å². The monoisotopic (exact) mass is 202 g/mol. The molecule has 0 saturated carbocycles. The Morgan fingerprint density at radius 3 is 1.64 bits per heavy atom. The normalized spacial score (nSPS) is 12.0. The van der Waals surface area contributed by atoms with Crippen LogP contribution < -0.4 is 0 Å². The molecule has 0 aliphatic rings.